The van der Waals surface area contributed by atoms with E-state index in [1.807, 2.05) is 78.9 Å². The minimum absolute atomic E-state index is 0.105. The summed E-state index contributed by atoms with van der Waals surface area (Å²) in [6.45, 7) is 0.448. The molecule has 1 aromatic heterocycles. The van der Waals surface area contributed by atoms with Crippen LogP contribution in [0, 0.1) is 0 Å². The molecule has 0 saturated carbocycles. The van der Waals surface area contributed by atoms with Gasteiger partial charge in [-0.2, -0.15) is 0 Å². The Hall–Kier alpha value is -4.12. The Labute approximate surface area is 174 Å². The molecule has 1 aliphatic rings. The van der Waals surface area contributed by atoms with Crippen molar-refractivity contribution in [3.8, 4) is 11.5 Å². The average Bonchev–Trinajstić information content (AvgIpc) is 2.90. The molecule has 0 unspecified atom stereocenters. The highest BCUT2D eigenvalue weighted by molar-refractivity contribution is 6.13. The minimum atomic E-state index is -0.105. The van der Waals surface area contributed by atoms with E-state index in [2.05, 4.69) is 10.3 Å². The molecule has 0 spiro atoms. The number of carbonyl (C=O) groups excluding carboxylic acids is 1. The summed E-state index contributed by atoms with van der Waals surface area (Å²) >= 11 is 0. The summed E-state index contributed by atoms with van der Waals surface area (Å²) in [4.78, 5) is 19.6. The van der Waals surface area contributed by atoms with Crippen LogP contribution in [0.5, 0.6) is 11.5 Å². The van der Waals surface area contributed by atoms with Crippen LogP contribution < -0.4 is 15.0 Å². The smallest absolute Gasteiger partial charge is 0.260 e. The molecule has 30 heavy (non-hydrogen) atoms. The third-order valence-electron chi connectivity index (χ3n) is 4.99. The molecule has 2 heterocycles. The molecule has 146 valence electrons. The number of benzene rings is 3. The van der Waals surface area contributed by atoms with E-state index < -0.39 is 0 Å². The van der Waals surface area contributed by atoms with Gasteiger partial charge in [0.15, 0.2) is 0 Å². The molecule has 5 rings (SSSR count). The molecule has 0 atom stereocenters. The first kappa shape index (κ1) is 17.9. The van der Waals surface area contributed by atoms with Crippen LogP contribution in [0.25, 0.3) is 0 Å². The molecule has 0 saturated heterocycles. The maximum absolute atomic E-state index is 13.6. The lowest BCUT2D eigenvalue weighted by Crippen LogP contribution is -2.29. The van der Waals surface area contributed by atoms with Gasteiger partial charge in [0.2, 0.25) is 0 Å². The van der Waals surface area contributed by atoms with Crippen LogP contribution in [0.1, 0.15) is 15.9 Å². The predicted octanol–water partition coefficient (Wildman–Crippen LogP) is 5.78. The molecule has 0 fully saturated rings. The maximum atomic E-state index is 13.6. The molecular weight excluding hydrogens is 374 g/mol. The first-order chi connectivity index (χ1) is 14.8. The number of pyridine rings is 1. The van der Waals surface area contributed by atoms with Crippen molar-refractivity contribution in [1.82, 2.24) is 4.98 Å². The molecule has 3 aromatic carbocycles. The molecular formula is C25H19N3O2. The van der Waals surface area contributed by atoms with Crippen molar-refractivity contribution in [1.29, 1.82) is 0 Å². The lowest BCUT2D eigenvalue weighted by atomic mass is 10.1. The fourth-order valence-electron chi connectivity index (χ4n) is 3.53. The number of aromatic nitrogens is 1. The number of nitrogens with one attached hydrogen (secondary N) is 1. The van der Waals surface area contributed by atoms with E-state index in [9.17, 15) is 4.79 Å². The number of ether oxygens (including phenoxy) is 1. The van der Waals surface area contributed by atoms with Gasteiger partial charge in [-0.1, -0.05) is 48.5 Å². The second-order valence-corrected chi connectivity index (χ2v) is 7.02. The third kappa shape index (κ3) is 3.49. The Morgan fingerprint density at radius 1 is 0.833 bits per heavy atom. The largest absolute Gasteiger partial charge is 0.457 e. The summed E-state index contributed by atoms with van der Waals surface area (Å²) in [7, 11) is 0. The number of amides is 1. The second-order valence-electron chi connectivity index (χ2n) is 7.02. The Morgan fingerprint density at radius 3 is 2.40 bits per heavy atom. The summed E-state index contributed by atoms with van der Waals surface area (Å²) in [5, 5.41) is 3.38. The predicted molar refractivity (Wildman–Crippen MR) is 117 cm³/mol. The van der Waals surface area contributed by atoms with Crippen LogP contribution in [0.15, 0.2) is 97.3 Å². The first-order valence-electron chi connectivity index (χ1n) is 9.72. The quantitative estimate of drug-likeness (QED) is 0.478. The van der Waals surface area contributed by atoms with Crippen LogP contribution in [-0.4, -0.2) is 10.9 Å². The molecule has 0 aliphatic carbocycles. The average molecular weight is 393 g/mol. The van der Waals surface area contributed by atoms with Crippen LogP contribution in [0.3, 0.4) is 0 Å². The highest BCUT2D eigenvalue weighted by atomic mass is 16.5. The Balaban J connectivity index is 1.55. The van der Waals surface area contributed by atoms with Crippen molar-refractivity contribution in [2.75, 3.05) is 10.2 Å². The Bertz CT molecular complexity index is 1190. The number of anilines is 3. The second kappa shape index (κ2) is 7.72. The maximum Gasteiger partial charge on any atom is 0.260 e. The van der Waals surface area contributed by atoms with E-state index in [1.165, 1.54) is 0 Å². The van der Waals surface area contributed by atoms with Gasteiger partial charge in [0.1, 0.15) is 11.5 Å². The molecule has 0 bridgehead atoms. The van der Waals surface area contributed by atoms with E-state index in [0.717, 1.165) is 28.4 Å². The number of hydrogen-bond acceptors (Lipinski definition) is 4. The standard InChI is InChI=1S/C25H19N3O2/c29-25-21-15-20(30-19-9-5-2-6-10-19)11-12-22(21)27-23-13-14-26-16-24(23)28(25)17-18-7-3-1-4-8-18/h1-16,27H,17H2. The van der Waals surface area contributed by atoms with Crippen LogP contribution in [0.2, 0.25) is 0 Å². The molecule has 1 amide bonds. The van der Waals surface area contributed by atoms with Gasteiger partial charge < -0.3 is 15.0 Å². The number of fused-ring (bicyclic) bond motifs is 2. The van der Waals surface area contributed by atoms with Crippen molar-refractivity contribution >= 4 is 23.0 Å². The van der Waals surface area contributed by atoms with Crippen LogP contribution in [0.4, 0.5) is 17.1 Å². The van der Waals surface area contributed by atoms with Crippen molar-refractivity contribution in [2.45, 2.75) is 6.54 Å². The fraction of sp³-hybridized carbons (Fsp3) is 0.0400. The van der Waals surface area contributed by atoms with E-state index in [0.29, 0.717) is 17.9 Å². The van der Waals surface area contributed by atoms with E-state index >= 15 is 0 Å². The van der Waals surface area contributed by atoms with Gasteiger partial charge in [0.05, 0.1) is 35.4 Å². The Morgan fingerprint density at radius 2 is 1.60 bits per heavy atom. The highest BCUT2D eigenvalue weighted by Crippen LogP contribution is 2.37. The summed E-state index contributed by atoms with van der Waals surface area (Å²) in [5.74, 6) is 1.23. The lowest BCUT2D eigenvalue weighted by Gasteiger charge is -2.22. The summed E-state index contributed by atoms with van der Waals surface area (Å²) in [6.07, 6.45) is 3.44. The van der Waals surface area contributed by atoms with Crippen molar-refractivity contribution in [3.05, 3.63) is 108 Å². The van der Waals surface area contributed by atoms with Gasteiger partial charge in [-0.3, -0.25) is 9.78 Å². The zero-order valence-corrected chi connectivity index (χ0v) is 16.2. The zero-order valence-electron chi connectivity index (χ0n) is 16.2. The molecule has 1 aliphatic heterocycles. The number of para-hydroxylation sites is 1. The van der Waals surface area contributed by atoms with E-state index in [1.54, 1.807) is 23.4 Å². The number of carbonyl (C=O) groups is 1. The molecule has 5 nitrogen and oxygen atoms in total. The summed E-state index contributed by atoms with van der Waals surface area (Å²) in [6, 6.07) is 26.9. The van der Waals surface area contributed by atoms with Gasteiger partial charge >= 0.3 is 0 Å². The van der Waals surface area contributed by atoms with Crippen LogP contribution in [-0.2, 0) is 6.54 Å². The lowest BCUT2D eigenvalue weighted by molar-refractivity contribution is 0.0986. The SMILES string of the molecule is O=C1c2cc(Oc3ccccc3)ccc2Nc2ccncc2N1Cc1ccccc1. The minimum Gasteiger partial charge on any atom is -0.457 e. The van der Waals surface area contributed by atoms with E-state index in [-0.39, 0.29) is 5.91 Å². The molecule has 4 aromatic rings. The summed E-state index contributed by atoms with van der Waals surface area (Å²) < 4.78 is 5.95. The third-order valence-corrected chi connectivity index (χ3v) is 4.99. The topological polar surface area (TPSA) is 54.5 Å². The normalized spacial score (nSPS) is 12.4. The van der Waals surface area contributed by atoms with Gasteiger partial charge in [-0.05, 0) is 42.0 Å². The number of rotatable bonds is 4. The van der Waals surface area contributed by atoms with Crippen LogP contribution >= 0.6 is 0 Å². The zero-order chi connectivity index (χ0) is 20.3. The van der Waals surface area contributed by atoms with Gasteiger partial charge in [-0.15, -0.1) is 0 Å². The van der Waals surface area contributed by atoms with Gasteiger partial charge in [0, 0.05) is 6.20 Å². The summed E-state index contributed by atoms with van der Waals surface area (Å²) in [5.41, 5.74) is 3.91. The fourth-order valence-corrected chi connectivity index (χ4v) is 3.53. The van der Waals surface area contributed by atoms with Crippen molar-refractivity contribution < 1.29 is 9.53 Å². The van der Waals surface area contributed by atoms with E-state index in [4.69, 9.17) is 4.74 Å². The first-order valence-corrected chi connectivity index (χ1v) is 9.72. The van der Waals surface area contributed by atoms with Gasteiger partial charge in [0.25, 0.3) is 5.91 Å². The molecule has 0 radical (unpaired) electrons. The van der Waals surface area contributed by atoms with Crippen molar-refractivity contribution in [2.24, 2.45) is 0 Å². The number of hydrogen-bond donors (Lipinski definition) is 1. The highest BCUT2D eigenvalue weighted by Gasteiger charge is 2.27. The Kier molecular flexibility index (Phi) is 4.62. The van der Waals surface area contributed by atoms with Crippen molar-refractivity contribution in [3.63, 3.8) is 0 Å². The molecule has 5 heteroatoms. The van der Waals surface area contributed by atoms with Gasteiger partial charge in [-0.25, -0.2) is 0 Å². The number of nitrogens with zero attached hydrogens (tertiary/aromatic N) is 2. The monoisotopic (exact) mass is 393 g/mol. The molecule has 1 N–H and O–H groups in total.